The lowest BCUT2D eigenvalue weighted by molar-refractivity contribution is -0.136. The molecule has 1 aromatic heterocycles. The second kappa shape index (κ2) is 7.16. The Morgan fingerprint density at radius 1 is 1.39 bits per heavy atom. The standard InChI is InChI=1S/C20H24N4O3S/c1-3-13-7-8-14-15(10-13)28-18(21-14)22-16(25)11-24-17(26)20(23-19(24)27)9-5-4-6-12(20)2/h7-8,10,12H,3-6,9,11H2,1-2H3,(H,23,27)(H,21,22,25)/t12-,20-/m1/s1. The Bertz CT molecular complexity index is 956. The fourth-order valence-corrected chi connectivity index (χ4v) is 5.13. The van der Waals surface area contributed by atoms with Gasteiger partial charge in [-0.2, -0.15) is 0 Å². The minimum Gasteiger partial charge on any atom is -0.323 e. The van der Waals surface area contributed by atoms with Crippen molar-refractivity contribution in [1.82, 2.24) is 15.2 Å². The molecule has 1 aromatic carbocycles. The first-order valence-electron chi connectivity index (χ1n) is 9.76. The number of aryl methyl sites for hydroxylation is 1. The predicted octanol–water partition coefficient (Wildman–Crippen LogP) is 3.30. The van der Waals surface area contributed by atoms with E-state index in [-0.39, 0.29) is 18.4 Å². The van der Waals surface area contributed by atoms with Crippen molar-refractivity contribution in [2.75, 3.05) is 11.9 Å². The molecular formula is C20H24N4O3S. The molecule has 0 radical (unpaired) electrons. The monoisotopic (exact) mass is 400 g/mol. The van der Waals surface area contributed by atoms with Gasteiger partial charge >= 0.3 is 6.03 Å². The summed E-state index contributed by atoms with van der Waals surface area (Å²) < 4.78 is 1.000. The van der Waals surface area contributed by atoms with Gasteiger partial charge < -0.3 is 10.6 Å². The molecule has 1 aliphatic heterocycles. The SMILES string of the molecule is CCc1ccc2nc(NC(=O)CN3C(=O)N[C@@]4(CCCC[C@H]4C)C3=O)sc2c1. The highest BCUT2D eigenvalue weighted by Gasteiger charge is 2.55. The van der Waals surface area contributed by atoms with Crippen LogP contribution < -0.4 is 10.6 Å². The number of nitrogens with one attached hydrogen (secondary N) is 2. The second-order valence-electron chi connectivity index (χ2n) is 7.66. The first-order valence-corrected chi connectivity index (χ1v) is 10.6. The highest BCUT2D eigenvalue weighted by atomic mass is 32.1. The van der Waals surface area contributed by atoms with Gasteiger partial charge in [0.15, 0.2) is 5.13 Å². The van der Waals surface area contributed by atoms with Crippen molar-refractivity contribution >= 4 is 44.5 Å². The molecule has 28 heavy (non-hydrogen) atoms. The van der Waals surface area contributed by atoms with Crippen molar-refractivity contribution in [2.45, 2.75) is 51.5 Å². The zero-order valence-electron chi connectivity index (χ0n) is 16.1. The van der Waals surface area contributed by atoms with Gasteiger partial charge in [0.05, 0.1) is 10.2 Å². The largest absolute Gasteiger partial charge is 0.325 e. The molecule has 1 saturated carbocycles. The van der Waals surface area contributed by atoms with Crippen LogP contribution in [0.3, 0.4) is 0 Å². The first kappa shape index (κ1) is 18.9. The summed E-state index contributed by atoms with van der Waals surface area (Å²) in [6.45, 7) is 3.78. The van der Waals surface area contributed by atoms with Crippen LogP contribution in [0, 0.1) is 5.92 Å². The van der Waals surface area contributed by atoms with Gasteiger partial charge in [-0.25, -0.2) is 9.78 Å². The highest BCUT2D eigenvalue weighted by Crippen LogP contribution is 2.38. The Balaban J connectivity index is 1.46. The van der Waals surface area contributed by atoms with Crippen LogP contribution in [0.2, 0.25) is 0 Å². The number of hydrogen-bond acceptors (Lipinski definition) is 5. The summed E-state index contributed by atoms with van der Waals surface area (Å²) in [5, 5.41) is 6.07. The van der Waals surface area contributed by atoms with Crippen LogP contribution in [-0.4, -0.2) is 39.8 Å². The fraction of sp³-hybridized carbons (Fsp3) is 0.500. The molecule has 2 N–H and O–H groups in total. The summed E-state index contributed by atoms with van der Waals surface area (Å²) in [6.07, 6.45) is 4.43. The number of nitrogens with zero attached hydrogens (tertiary/aromatic N) is 2. The first-order chi connectivity index (χ1) is 13.4. The number of aromatic nitrogens is 1. The molecule has 2 fully saturated rings. The van der Waals surface area contributed by atoms with E-state index in [1.807, 2.05) is 19.1 Å². The van der Waals surface area contributed by atoms with Crippen LogP contribution in [0.15, 0.2) is 18.2 Å². The number of imide groups is 1. The predicted molar refractivity (Wildman–Crippen MR) is 108 cm³/mol. The van der Waals surface area contributed by atoms with E-state index in [4.69, 9.17) is 0 Å². The number of amides is 4. The summed E-state index contributed by atoms with van der Waals surface area (Å²) in [7, 11) is 0. The molecule has 0 bridgehead atoms. The zero-order valence-corrected chi connectivity index (χ0v) is 16.9. The van der Waals surface area contributed by atoms with Gasteiger partial charge in [-0.3, -0.25) is 14.5 Å². The number of carbonyl (C=O) groups is 3. The van der Waals surface area contributed by atoms with E-state index in [0.717, 1.165) is 40.8 Å². The van der Waals surface area contributed by atoms with Gasteiger partial charge in [0, 0.05) is 0 Å². The minimum atomic E-state index is -0.845. The number of rotatable bonds is 4. The Kier molecular flexibility index (Phi) is 4.82. The molecule has 2 aromatic rings. The van der Waals surface area contributed by atoms with Gasteiger partial charge in [0.25, 0.3) is 5.91 Å². The second-order valence-corrected chi connectivity index (χ2v) is 8.69. The van der Waals surface area contributed by atoms with Crippen LogP contribution in [0.1, 0.15) is 45.1 Å². The molecule has 4 amide bonds. The Hall–Kier alpha value is -2.48. The molecule has 7 nitrogen and oxygen atoms in total. The summed E-state index contributed by atoms with van der Waals surface area (Å²) in [6, 6.07) is 5.54. The molecule has 0 unspecified atom stereocenters. The van der Waals surface area contributed by atoms with Gasteiger partial charge in [0.2, 0.25) is 5.91 Å². The maximum absolute atomic E-state index is 13.0. The quantitative estimate of drug-likeness (QED) is 0.771. The van der Waals surface area contributed by atoms with E-state index in [2.05, 4.69) is 28.6 Å². The molecule has 148 valence electrons. The summed E-state index contributed by atoms with van der Waals surface area (Å²) in [5.41, 5.74) is 1.19. The third-order valence-corrected chi connectivity index (χ3v) is 6.84. The van der Waals surface area contributed by atoms with Gasteiger partial charge in [-0.05, 0) is 42.9 Å². The van der Waals surface area contributed by atoms with Crippen molar-refractivity contribution in [2.24, 2.45) is 5.92 Å². The lowest BCUT2D eigenvalue weighted by atomic mass is 9.73. The maximum atomic E-state index is 13.0. The topological polar surface area (TPSA) is 91.4 Å². The van der Waals surface area contributed by atoms with Crippen LogP contribution in [0.5, 0.6) is 0 Å². The van der Waals surface area contributed by atoms with E-state index in [0.29, 0.717) is 11.6 Å². The summed E-state index contributed by atoms with van der Waals surface area (Å²) in [4.78, 5) is 43.3. The Morgan fingerprint density at radius 2 is 2.21 bits per heavy atom. The third-order valence-electron chi connectivity index (χ3n) is 5.91. The number of hydrogen-bond donors (Lipinski definition) is 2. The molecule has 1 spiro atoms. The molecule has 2 atom stereocenters. The highest BCUT2D eigenvalue weighted by molar-refractivity contribution is 7.22. The number of fused-ring (bicyclic) bond motifs is 1. The number of urea groups is 1. The lowest BCUT2D eigenvalue weighted by Gasteiger charge is -2.36. The number of thiazole rings is 1. The number of benzene rings is 1. The van der Waals surface area contributed by atoms with Gasteiger partial charge in [-0.15, -0.1) is 0 Å². The molecule has 1 saturated heterocycles. The van der Waals surface area contributed by atoms with Crippen LogP contribution in [0.25, 0.3) is 10.2 Å². The normalized spacial score (nSPS) is 24.8. The van der Waals surface area contributed by atoms with E-state index >= 15 is 0 Å². The molecule has 8 heteroatoms. The summed E-state index contributed by atoms with van der Waals surface area (Å²) in [5.74, 6) is -0.627. The van der Waals surface area contributed by atoms with Gasteiger partial charge in [-0.1, -0.05) is 44.1 Å². The van der Waals surface area contributed by atoms with Gasteiger partial charge in [0.1, 0.15) is 12.1 Å². The molecule has 1 aliphatic carbocycles. The minimum absolute atomic E-state index is 0.0720. The van der Waals surface area contributed by atoms with E-state index < -0.39 is 17.5 Å². The van der Waals surface area contributed by atoms with E-state index in [1.54, 1.807) is 0 Å². The average molecular weight is 401 g/mol. The van der Waals surface area contributed by atoms with Crippen molar-refractivity contribution in [3.05, 3.63) is 23.8 Å². The Morgan fingerprint density at radius 3 is 2.96 bits per heavy atom. The number of anilines is 1. The smallest absolute Gasteiger partial charge is 0.323 e. The van der Waals surface area contributed by atoms with E-state index in [9.17, 15) is 14.4 Å². The Labute approximate surface area is 167 Å². The molecule has 2 aliphatic rings. The van der Waals surface area contributed by atoms with Crippen molar-refractivity contribution < 1.29 is 14.4 Å². The molecule has 4 rings (SSSR count). The number of carbonyl (C=O) groups excluding carboxylic acids is 3. The maximum Gasteiger partial charge on any atom is 0.325 e. The van der Waals surface area contributed by atoms with Crippen molar-refractivity contribution in [1.29, 1.82) is 0 Å². The molecular weight excluding hydrogens is 376 g/mol. The van der Waals surface area contributed by atoms with Crippen LogP contribution >= 0.6 is 11.3 Å². The van der Waals surface area contributed by atoms with Crippen LogP contribution in [-0.2, 0) is 16.0 Å². The fourth-order valence-electron chi connectivity index (χ4n) is 4.18. The molecule has 2 heterocycles. The van der Waals surface area contributed by atoms with Crippen LogP contribution in [0.4, 0.5) is 9.93 Å². The van der Waals surface area contributed by atoms with Crippen molar-refractivity contribution in [3.8, 4) is 0 Å². The lowest BCUT2D eigenvalue weighted by Crippen LogP contribution is -2.54. The zero-order chi connectivity index (χ0) is 19.9. The third kappa shape index (κ3) is 3.15. The summed E-state index contributed by atoms with van der Waals surface area (Å²) >= 11 is 1.39. The van der Waals surface area contributed by atoms with E-state index in [1.165, 1.54) is 16.9 Å². The van der Waals surface area contributed by atoms with Crippen molar-refractivity contribution in [3.63, 3.8) is 0 Å². The average Bonchev–Trinajstić information content (AvgIpc) is 3.17.